The van der Waals surface area contributed by atoms with Crippen LogP contribution in [0.25, 0.3) is 20.2 Å². The predicted molar refractivity (Wildman–Crippen MR) is 103 cm³/mol. The molecule has 0 aliphatic rings. The Morgan fingerprint density at radius 3 is 2.13 bits per heavy atom. The summed E-state index contributed by atoms with van der Waals surface area (Å²) >= 11 is 1.87. The minimum Gasteiger partial charge on any atom is -0.345 e. The number of benzene rings is 3. The molecule has 0 amide bonds. The third-order valence-corrected chi connectivity index (χ3v) is 5.54. The molecule has 0 radical (unpaired) electrons. The lowest BCUT2D eigenvalue weighted by Crippen LogP contribution is -2.09. The van der Waals surface area contributed by atoms with Crippen molar-refractivity contribution >= 4 is 42.9 Å². The molecule has 3 aromatic carbocycles. The molecule has 0 atom stereocenters. The minimum absolute atomic E-state index is 1.22. The molecule has 4 aromatic rings. The molecule has 0 spiro atoms. The smallest absolute Gasteiger partial charge is 0.0415 e. The molecule has 1 aromatic heterocycles. The van der Waals surface area contributed by atoms with E-state index in [1.807, 2.05) is 11.3 Å². The van der Waals surface area contributed by atoms with Crippen molar-refractivity contribution in [1.29, 1.82) is 0 Å². The summed E-state index contributed by atoms with van der Waals surface area (Å²) in [6.45, 7) is 4.29. The van der Waals surface area contributed by atoms with E-state index in [4.69, 9.17) is 0 Å². The molecule has 1 nitrogen and oxygen atoms in total. The zero-order valence-electron chi connectivity index (χ0n) is 13.6. The maximum atomic E-state index is 2.32. The summed E-state index contributed by atoms with van der Waals surface area (Å²) in [6.07, 6.45) is 0. The first-order valence-electron chi connectivity index (χ1n) is 7.85. The molecule has 2 heteroatoms. The van der Waals surface area contributed by atoms with Gasteiger partial charge in [-0.05, 0) is 61.9 Å². The fourth-order valence-corrected chi connectivity index (χ4v) is 4.14. The number of fused-ring (bicyclic) bond motifs is 3. The first-order valence-corrected chi connectivity index (χ1v) is 8.67. The van der Waals surface area contributed by atoms with Gasteiger partial charge in [0.2, 0.25) is 0 Å². The number of nitrogens with zero attached hydrogens (tertiary/aromatic N) is 1. The highest BCUT2D eigenvalue weighted by Gasteiger charge is 2.09. The minimum atomic E-state index is 1.22. The van der Waals surface area contributed by atoms with Crippen LogP contribution in [0, 0.1) is 13.8 Å². The normalized spacial score (nSPS) is 11.3. The summed E-state index contributed by atoms with van der Waals surface area (Å²) in [5.74, 6) is 0. The van der Waals surface area contributed by atoms with Gasteiger partial charge in [0.1, 0.15) is 0 Å². The van der Waals surface area contributed by atoms with Crippen LogP contribution in [-0.2, 0) is 0 Å². The van der Waals surface area contributed by atoms with Gasteiger partial charge < -0.3 is 4.90 Å². The SMILES string of the molecule is Cc1cccc(N(C)c2ccc3sc4ccc(C)cc4c3c2)c1. The standard InChI is InChI=1S/C21H19NS/c1-14-5-4-6-16(11-14)22(3)17-8-10-21-19(13-17)18-12-15(2)7-9-20(18)23-21/h4-13H,1-3H3. The molecule has 114 valence electrons. The van der Waals surface area contributed by atoms with Crippen LogP contribution in [0.4, 0.5) is 11.4 Å². The average molecular weight is 317 g/mol. The van der Waals surface area contributed by atoms with Crippen molar-refractivity contribution in [2.45, 2.75) is 13.8 Å². The molecule has 4 rings (SSSR count). The Balaban J connectivity index is 1.87. The van der Waals surface area contributed by atoms with Gasteiger partial charge in [0.05, 0.1) is 0 Å². The van der Waals surface area contributed by atoms with E-state index in [-0.39, 0.29) is 0 Å². The Hall–Kier alpha value is -2.32. The molecule has 0 aliphatic carbocycles. The Bertz CT molecular complexity index is 1010. The van der Waals surface area contributed by atoms with Gasteiger partial charge in [0, 0.05) is 38.6 Å². The van der Waals surface area contributed by atoms with E-state index >= 15 is 0 Å². The Morgan fingerprint density at radius 2 is 1.35 bits per heavy atom. The molecular formula is C21H19NS. The average Bonchev–Trinajstić information content (AvgIpc) is 2.91. The van der Waals surface area contributed by atoms with Gasteiger partial charge in [0.25, 0.3) is 0 Å². The molecule has 0 unspecified atom stereocenters. The highest BCUT2D eigenvalue weighted by atomic mass is 32.1. The summed E-state index contributed by atoms with van der Waals surface area (Å²) in [7, 11) is 2.13. The lowest BCUT2D eigenvalue weighted by atomic mass is 10.1. The molecule has 1 heterocycles. The first kappa shape index (κ1) is 14.3. The number of rotatable bonds is 2. The second-order valence-electron chi connectivity index (χ2n) is 6.18. The third-order valence-electron chi connectivity index (χ3n) is 4.38. The van der Waals surface area contributed by atoms with E-state index < -0.39 is 0 Å². The fraction of sp³-hybridized carbons (Fsp3) is 0.143. The van der Waals surface area contributed by atoms with E-state index in [0.717, 1.165) is 0 Å². The van der Waals surface area contributed by atoms with Crippen LogP contribution in [0.3, 0.4) is 0 Å². The number of hydrogen-bond donors (Lipinski definition) is 0. The molecule has 0 saturated heterocycles. The van der Waals surface area contributed by atoms with Crippen molar-refractivity contribution in [3.05, 3.63) is 71.8 Å². The lowest BCUT2D eigenvalue weighted by Gasteiger charge is -2.20. The van der Waals surface area contributed by atoms with E-state index in [9.17, 15) is 0 Å². The van der Waals surface area contributed by atoms with Crippen LogP contribution >= 0.6 is 11.3 Å². The second kappa shape index (κ2) is 5.39. The van der Waals surface area contributed by atoms with E-state index in [0.29, 0.717) is 0 Å². The van der Waals surface area contributed by atoms with E-state index in [1.165, 1.54) is 42.7 Å². The highest BCUT2D eigenvalue weighted by Crippen LogP contribution is 2.37. The molecule has 23 heavy (non-hydrogen) atoms. The lowest BCUT2D eigenvalue weighted by molar-refractivity contribution is 1.21. The van der Waals surface area contributed by atoms with Crippen LogP contribution in [0.15, 0.2) is 60.7 Å². The summed E-state index contributed by atoms with van der Waals surface area (Å²) in [5.41, 5.74) is 5.05. The highest BCUT2D eigenvalue weighted by molar-refractivity contribution is 7.25. The second-order valence-corrected chi connectivity index (χ2v) is 7.26. The summed E-state index contributed by atoms with van der Waals surface area (Å²) in [6, 6.07) is 22.1. The Kier molecular flexibility index (Phi) is 3.35. The van der Waals surface area contributed by atoms with Gasteiger partial charge in [-0.2, -0.15) is 0 Å². The van der Waals surface area contributed by atoms with Crippen molar-refractivity contribution in [3.8, 4) is 0 Å². The monoisotopic (exact) mass is 317 g/mol. The van der Waals surface area contributed by atoms with Crippen LogP contribution in [-0.4, -0.2) is 7.05 Å². The van der Waals surface area contributed by atoms with Gasteiger partial charge in [-0.1, -0.05) is 23.8 Å². The van der Waals surface area contributed by atoms with Crippen LogP contribution in [0.2, 0.25) is 0 Å². The van der Waals surface area contributed by atoms with Crippen molar-refractivity contribution in [2.24, 2.45) is 0 Å². The van der Waals surface area contributed by atoms with Crippen LogP contribution in [0.5, 0.6) is 0 Å². The van der Waals surface area contributed by atoms with Crippen LogP contribution < -0.4 is 4.90 Å². The largest absolute Gasteiger partial charge is 0.345 e. The number of thiophene rings is 1. The Morgan fingerprint density at radius 1 is 0.696 bits per heavy atom. The first-order chi connectivity index (χ1) is 11.1. The third kappa shape index (κ3) is 2.49. The zero-order chi connectivity index (χ0) is 16.0. The number of aryl methyl sites for hydroxylation is 2. The molecule has 0 aliphatic heterocycles. The van der Waals surface area contributed by atoms with Gasteiger partial charge >= 0.3 is 0 Å². The molecular weight excluding hydrogens is 298 g/mol. The van der Waals surface area contributed by atoms with Gasteiger partial charge in [-0.25, -0.2) is 0 Å². The van der Waals surface area contributed by atoms with Crippen molar-refractivity contribution in [2.75, 3.05) is 11.9 Å². The maximum Gasteiger partial charge on any atom is 0.0415 e. The summed E-state index contributed by atoms with van der Waals surface area (Å²) in [4.78, 5) is 2.26. The van der Waals surface area contributed by atoms with Crippen molar-refractivity contribution in [3.63, 3.8) is 0 Å². The van der Waals surface area contributed by atoms with Crippen molar-refractivity contribution in [1.82, 2.24) is 0 Å². The summed E-state index contributed by atoms with van der Waals surface area (Å²) < 4.78 is 2.72. The maximum absolute atomic E-state index is 2.32. The zero-order valence-corrected chi connectivity index (χ0v) is 14.4. The number of anilines is 2. The topological polar surface area (TPSA) is 3.24 Å². The molecule has 0 fully saturated rings. The molecule has 0 saturated carbocycles. The predicted octanol–water partition coefficient (Wildman–Crippen LogP) is 6.44. The van der Waals surface area contributed by atoms with Gasteiger partial charge in [0.15, 0.2) is 0 Å². The quantitative estimate of drug-likeness (QED) is 0.411. The molecule has 0 N–H and O–H groups in total. The van der Waals surface area contributed by atoms with E-state index in [1.54, 1.807) is 0 Å². The van der Waals surface area contributed by atoms with Gasteiger partial charge in [-0.3, -0.25) is 0 Å². The Labute approximate surface area is 140 Å². The number of hydrogen-bond acceptors (Lipinski definition) is 2. The molecule has 0 bridgehead atoms. The van der Waals surface area contributed by atoms with Crippen LogP contribution in [0.1, 0.15) is 11.1 Å². The van der Waals surface area contributed by atoms with E-state index in [2.05, 4.69) is 86.5 Å². The van der Waals surface area contributed by atoms with Gasteiger partial charge in [-0.15, -0.1) is 11.3 Å². The van der Waals surface area contributed by atoms with Crippen molar-refractivity contribution < 1.29 is 0 Å². The summed E-state index contributed by atoms with van der Waals surface area (Å²) in [5, 5.41) is 2.72. The fourth-order valence-electron chi connectivity index (χ4n) is 3.07.